The summed E-state index contributed by atoms with van der Waals surface area (Å²) in [4.78, 5) is 30.3. The number of piperidine rings is 2. The molecule has 2 rings (SSSR count). The second-order valence-corrected chi connectivity index (χ2v) is 16.9. The van der Waals surface area contributed by atoms with Crippen LogP contribution >= 0.6 is 0 Å². The lowest BCUT2D eigenvalue weighted by Crippen LogP contribution is -2.62. The number of ether oxygens (including phenoxy) is 2. The SMILES string of the molecule is CCCCCCCCC(=O)OC1CC(C)(C)N(CC#CCN2C(C)(C)CC(OC(=O)CCCCCCCC)CC2(C)C)C(C)(C)C1. The minimum absolute atomic E-state index is 0.0399. The van der Waals surface area contributed by atoms with Gasteiger partial charge in [-0.15, -0.1) is 0 Å². The number of likely N-dealkylation sites (tertiary alicyclic amines) is 2. The van der Waals surface area contributed by atoms with Gasteiger partial charge in [-0.3, -0.25) is 19.4 Å². The molecule has 0 bridgehead atoms. The van der Waals surface area contributed by atoms with E-state index in [1.807, 2.05) is 0 Å². The van der Waals surface area contributed by atoms with Crippen LogP contribution in [0.3, 0.4) is 0 Å². The molecule has 0 unspecified atom stereocenters. The normalized spacial score (nSPS) is 21.3. The van der Waals surface area contributed by atoms with Crippen LogP contribution in [0.15, 0.2) is 0 Å². The van der Waals surface area contributed by atoms with E-state index in [1.165, 1.54) is 51.4 Å². The summed E-state index contributed by atoms with van der Waals surface area (Å²) in [6.45, 7) is 23.9. The zero-order valence-electron chi connectivity index (χ0n) is 31.8. The molecule has 0 aromatic rings. The quantitative estimate of drug-likeness (QED) is 0.0841. The van der Waals surface area contributed by atoms with Crippen molar-refractivity contribution in [1.82, 2.24) is 9.80 Å². The molecule has 2 fully saturated rings. The minimum Gasteiger partial charge on any atom is -0.462 e. The third kappa shape index (κ3) is 13.5. The third-order valence-corrected chi connectivity index (χ3v) is 10.5. The lowest BCUT2D eigenvalue weighted by molar-refractivity contribution is -0.161. The molecule has 46 heavy (non-hydrogen) atoms. The molecular weight excluding hydrogens is 572 g/mol. The van der Waals surface area contributed by atoms with Gasteiger partial charge in [0.2, 0.25) is 0 Å². The van der Waals surface area contributed by atoms with Gasteiger partial charge in [-0.2, -0.15) is 0 Å². The van der Waals surface area contributed by atoms with Crippen LogP contribution in [0, 0.1) is 11.8 Å². The number of hydrogen-bond donors (Lipinski definition) is 0. The number of rotatable bonds is 18. The van der Waals surface area contributed by atoms with Crippen LogP contribution in [0.5, 0.6) is 0 Å². The summed E-state index contributed by atoms with van der Waals surface area (Å²) in [6.07, 6.45) is 18.3. The molecule has 266 valence electrons. The maximum atomic E-state index is 12.6. The first-order valence-corrected chi connectivity index (χ1v) is 18.9. The lowest BCUT2D eigenvalue weighted by Gasteiger charge is -2.54. The van der Waals surface area contributed by atoms with Gasteiger partial charge in [0, 0.05) is 60.7 Å². The topological polar surface area (TPSA) is 59.1 Å². The first-order valence-electron chi connectivity index (χ1n) is 18.9. The number of carbonyl (C=O) groups excluding carboxylic acids is 2. The molecule has 0 spiro atoms. The number of hydrogen-bond acceptors (Lipinski definition) is 6. The molecule has 0 aliphatic carbocycles. The molecule has 2 aliphatic heterocycles. The van der Waals surface area contributed by atoms with E-state index >= 15 is 0 Å². The average Bonchev–Trinajstić information content (AvgIpc) is 2.91. The molecule has 2 aliphatic rings. The zero-order valence-corrected chi connectivity index (χ0v) is 31.8. The maximum absolute atomic E-state index is 12.6. The predicted octanol–water partition coefficient (Wildman–Crippen LogP) is 9.62. The van der Waals surface area contributed by atoms with Crippen molar-refractivity contribution < 1.29 is 19.1 Å². The average molecular weight is 645 g/mol. The fourth-order valence-corrected chi connectivity index (χ4v) is 8.33. The Bertz CT molecular complexity index is 877. The second kappa shape index (κ2) is 18.8. The molecule has 0 radical (unpaired) electrons. The summed E-state index contributed by atoms with van der Waals surface area (Å²) >= 11 is 0. The fraction of sp³-hybridized carbons (Fsp3) is 0.900. The molecule has 0 saturated carbocycles. The van der Waals surface area contributed by atoms with Crippen molar-refractivity contribution in [2.24, 2.45) is 0 Å². The van der Waals surface area contributed by atoms with Gasteiger partial charge in [0.05, 0.1) is 13.1 Å². The third-order valence-electron chi connectivity index (χ3n) is 10.5. The van der Waals surface area contributed by atoms with E-state index < -0.39 is 0 Å². The first-order chi connectivity index (χ1) is 21.5. The summed E-state index contributed by atoms with van der Waals surface area (Å²) in [5.41, 5.74) is -0.509. The molecule has 0 aromatic carbocycles. The van der Waals surface area contributed by atoms with Crippen LogP contribution in [0.25, 0.3) is 0 Å². The van der Waals surface area contributed by atoms with Gasteiger partial charge in [0.1, 0.15) is 12.2 Å². The minimum atomic E-state index is -0.127. The van der Waals surface area contributed by atoms with Gasteiger partial charge in [-0.05, 0) is 68.2 Å². The number of carbonyl (C=O) groups is 2. The highest BCUT2D eigenvalue weighted by atomic mass is 16.5. The van der Waals surface area contributed by atoms with Crippen molar-refractivity contribution in [1.29, 1.82) is 0 Å². The molecule has 0 N–H and O–H groups in total. The Morgan fingerprint density at radius 2 is 0.804 bits per heavy atom. The summed E-state index contributed by atoms with van der Waals surface area (Å²) < 4.78 is 12.0. The lowest BCUT2D eigenvalue weighted by atomic mass is 9.78. The Labute approximate surface area is 284 Å². The largest absolute Gasteiger partial charge is 0.462 e. The molecule has 0 aromatic heterocycles. The highest BCUT2D eigenvalue weighted by molar-refractivity contribution is 5.69. The van der Waals surface area contributed by atoms with Gasteiger partial charge >= 0.3 is 11.9 Å². The van der Waals surface area contributed by atoms with Crippen molar-refractivity contribution in [3.05, 3.63) is 0 Å². The summed E-state index contributed by atoms with van der Waals surface area (Å²) in [5, 5.41) is 0. The summed E-state index contributed by atoms with van der Waals surface area (Å²) in [6, 6.07) is 0. The van der Waals surface area contributed by atoms with Gasteiger partial charge in [-0.1, -0.05) is 89.9 Å². The van der Waals surface area contributed by atoms with Crippen molar-refractivity contribution >= 4 is 11.9 Å². The summed E-state index contributed by atoms with van der Waals surface area (Å²) in [5.74, 6) is 6.96. The van der Waals surface area contributed by atoms with Crippen molar-refractivity contribution in [3.63, 3.8) is 0 Å². The van der Waals surface area contributed by atoms with E-state index in [1.54, 1.807) is 0 Å². The number of nitrogens with zero attached hydrogens (tertiary/aromatic N) is 2. The van der Waals surface area contributed by atoms with Crippen LogP contribution in [-0.2, 0) is 19.1 Å². The first kappa shape index (κ1) is 40.6. The van der Waals surface area contributed by atoms with E-state index in [9.17, 15) is 9.59 Å². The Morgan fingerprint density at radius 3 is 1.11 bits per heavy atom. The van der Waals surface area contributed by atoms with Gasteiger partial charge in [0.15, 0.2) is 0 Å². The Balaban J connectivity index is 1.87. The molecule has 6 heteroatoms. The van der Waals surface area contributed by atoms with E-state index in [2.05, 4.69) is 90.9 Å². The van der Waals surface area contributed by atoms with Crippen LogP contribution in [-0.4, -0.2) is 69.2 Å². The molecule has 6 nitrogen and oxygen atoms in total. The van der Waals surface area contributed by atoms with Gasteiger partial charge < -0.3 is 9.47 Å². The van der Waals surface area contributed by atoms with E-state index in [-0.39, 0.29) is 46.3 Å². The summed E-state index contributed by atoms with van der Waals surface area (Å²) in [7, 11) is 0. The van der Waals surface area contributed by atoms with Crippen LogP contribution in [0.4, 0.5) is 0 Å². The Kier molecular flexibility index (Phi) is 16.6. The second-order valence-electron chi connectivity index (χ2n) is 16.9. The maximum Gasteiger partial charge on any atom is 0.306 e. The van der Waals surface area contributed by atoms with Gasteiger partial charge in [0.25, 0.3) is 0 Å². The van der Waals surface area contributed by atoms with Crippen molar-refractivity contribution in [2.45, 2.75) is 219 Å². The van der Waals surface area contributed by atoms with Crippen LogP contribution in [0.2, 0.25) is 0 Å². The number of esters is 2. The van der Waals surface area contributed by atoms with E-state index in [0.717, 1.165) is 51.4 Å². The molecular formula is C40H72N2O4. The molecule has 2 heterocycles. The van der Waals surface area contributed by atoms with Crippen LogP contribution in [0.1, 0.15) is 185 Å². The van der Waals surface area contributed by atoms with Crippen molar-refractivity contribution in [2.75, 3.05) is 13.1 Å². The number of unbranched alkanes of at least 4 members (excludes halogenated alkanes) is 10. The standard InChI is InChI=1S/C40H72N2O4/c1-11-13-15-17-19-21-25-35(43)45-33-29-37(3,4)41(38(5,6)30-33)27-23-24-28-42-39(7,8)31-34(32-40(42,9)10)46-36(44)26-22-20-18-16-14-12-2/h33-34H,11-22,25-32H2,1-10H3. The predicted molar refractivity (Wildman–Crippen MR) is 192 cm³/mol. The monoisotopic (exact) mass is 645 g/mol. The molecule has 0 amide bonds. The highest BCUT2D eigenvalue weighted by Crippen LogP contribution is 2.41. The zero-order chi connectivity index (χ0) is 34.4. The smallest absolute Gasteiger partial charge is 0.306 e. The van der Waals surface area contributed by atoms with E-state index in [0.29, 0.717) is 25.9 Å². The Morgan fingerprint density at radius 1 is 0.522 bits per heavy atom. The van der Waals surface area contributed by atoms with E-state index in [4.69, 9.17) is 9.47 Å². The highest BCUT2D eigenvalue weighted by Gasteiger charge is 2.47. The fourth-order valence-electron chi connectivity index (χ4n) is 8.33. The van der Waals surface area contributed by atoms with Crippen molar-refractivity contribution in [3.8, 4) is 11.8 Å². The Hall–Kier alpha value is -1.58. The molecule has 2 saturated heterocycles. The van der Waals surface area contributed by atoms with Gasteiger partial charge in [-0.25, -0.2) is 0 Å². The van der Waals surface area contributed by atoms with Crippen LogP contribution < -0.4 is 0 Å². The molecule has 0 atom stereocenters.